The van der Waals surface area contributed by atoms with Gasteiger partial charge in [-0.3, -0.25) is 9.59 Å². The molecule has 0 aliphatic heterocycles. The fraction of sp³-hybridized carbons (Fsp3) is 0.176. The number of fused-ring (bicyclic) bond motifs is 1. The maximum absolute atomic E-state index is 11.9. The minimum atomic E-state index is -0.0874. The van der Waals surface area contributed by atoms with Gasteiger partial charge in [-0.2, -0.15) is 0 Å². The van der Waals surface area contributed by atoms with Crippen LogP contribution in [-0.4, -0.2) is 29.1 Å². The lowest BCUT2D eigenvalue weighted by Gasteiger charge is -2.19. The van der Waals surface area contributed by atoms with Gasteiger partial charge < -0.3 is 4.90 Å². The quantitative estimate of drug-likeness (QED) is 0.692. The second kappa shape index (κ2) is 6.00. The van der Waals surface area contributed by atoms with E-state index in [0.717, 1.165) is 17.4 Å². The van der Waals surface area contributed by atoms with Crippen LogP contribution in [0.3, 0.4) is 0 Å². The summed E-state index contributed by atoms with van der Waals surface area (Å²) >= 11 is 0. The number of hydrogen-bond acceptors (Lipinski definition) is 5. The third-order valence-electron chi connectivity index (χ3n) is 3.68. The molecule has 6 nitrogen and oxygen atoms in total. The van der Waals surface area contributed by atoms with Crippen molar-refractivity contribution in [3.8, 4) is 11.1 Å². The highest BCUT2D eigenvalue weighted by molar-refractivity contribution is 6.02. The Kier molecular flexibility index (Phi) is 3.89. The molecular formula is C17H15N3O3. The Morgan fingerprint density at radius 2 is 2.04 bits per heavy atom. The molecule has 0 saturated carbocycles. The first-order valence-corrected chi connectivity index (χ1v) is 7.24. The topological polar surface area (TPSA) is 76.3 Å². The molecule has 0 N–H and O–H groups in total. The Bertz CT molecular complexity index is 886. The number of rotatable bonds is 4. The van der Waals surface area contributed by atoms with Gasteiger partial charge in [-0.1, -0.05) is 18.2 Å². The lowest BCUT2D eigenvalue weighted by molar-refractivity contribution is -0.116. The largest absolute Gasteiger partial charge is 0.311 e. The van der Waals surface area contributed by atoms with Crippen LogP contribution in [0.25, 0.3) is 22.2 Å². The summed E-state index contributed by atoms with van der Waals surface area (Å²) in [4.78, 5) is 24.5. The first kappa shape index (κ1) is 14.9. The van der Waals surface area contributed by atoms with Gasteiger partial charge in [0.1, 0.15) is 11.8 Å². The first-order valence-electron chi connectivity index (χ1n) is 7.24. The number of hydrogen-bond donors (Lipinski definition) is 0. The number of benzene rings is 2. The number of amides is 1. The molecule has 2 aromatic carbocycles. The van der Waals surface area contributed by atoms with Crippen molar-refractivity contribution in [3.63, 3.8) is 0 Å². The predicted molar refractivity (Wildman–Crippen MR) is 86.3 cm³/mol. The average Bonchev–Trinajstić information content (AvgIpc) is 3.03. The molecule has 0 aliphatic carbocycles. The molecule has 0 saturated heterocycles. The minimum Gasteiger partial charge on any atom is -0.311 e. The summed E-state index contributed by atoms with van der Waals surface area (Å²) < 4.78 is 4.82. The standard InChI is InChI=1S/C17H15N3O3/c1-3-20(11(2)22)16-9-14(8-15-17(16)19-23-18-15)13-6-4-5-12(7-13)10-21/h4-10H,3H2,1-2H3. The first-order chi connectivity index (χ1) is 11.1. The molecule has 1 heterocycles. The molecule has 1 aromatic heterocycles. The highest BCUT2D eigenvalue weighted by atomic mass is 16.6. The van der Waals surface area contributed by atoms with Crippen molar-refractivity contribution in [2.75, 3.05) is 11.4 Å². The molecule has 0 unspecified atom stereocenters. The van der Waals surface area contributed by atoms with Gasteiger partial charge in [0.2, 0.25) is 5.91 Å². The van der Waals surface area contributed by atoms with E-state index in [4.69, 9.17) is 4.63 Å². The molecule has 0 bridgehead atoms. The van der Waals surface area contributed by atoms with E-state index in [1.807, 2.05) is 31.2 Å². The second-order valence-corrected chi connectivity index (χ2v) is 5.13. The van der Waals surface area contributed by atoms with Crippen LogP contribution in [0, 0.1) is 0 Å². The number of anilines is 1. The Balaban J connectivity index is 2.22. The number of carbonyl (C=O) groups is 2. The van der Waals surface area contributed by atoms with Crippen molar-refractivity contribution in [2.24, 2.45) is 0 Å². The third-order valence-corrected chi connectivity index (χ3v) is 3.68. The van der Waals surface area contributed by atoms with E-state index in [9.17, 15) is 9.59 Å². The molecule has 0 spiro atoms. The van der Waals surface area contributed by atoms with Crippen LogP contribution in [0.5, 0.6) is 0 Å². The SMILES string of the molecule is CCN(C(C)=O)c1cc(-c2cccc(C=O)c2)cc2nonc12. The Morgan fingerprint density at radius 3 is 2.74 bits per heavy atom. The van der Waals surface area contributed by atoms with Crippen molar-refractivity contribution in [1.29, 1.82) is 0 Å². The number of aromatic nitrogens is 2. The van der Waals surface area contributed by atoms with E-state index < -0.39 is 0 Å². The zero-order valence-corrected chi connectivity index (χ0v) is 12.8. The Morgan fingerprint density at radius 1 is 1.22 bits per heavy atom. The monoisotopic (exact) mass is 309 g/mol. The van der Waals surface area contributed by atoms with Crippen LogP contribution >= 0.6 is 0 Å². The lowest BCUT2D eigenvalue weighted by atomic mass is 10.0. The number of aldehydes is 1. The van der Waals surface area contributed by atoms with Gasteiger partial charge in [0, 0.05) is 19.0 Å². The molecule has 116 valence electrons. The van der Waals surface area contributed by atoms with Gasteiger partial charge in [0.15, 0.2) is 5.52 Å². The fourth-order valence-electron chi connectivity index (χ4n) is 2.60. The lowest BCUT2D eigenvalue weighted by Crippen LogP contribution is -2.28. The summed E-state index contributed by atoms with van der Waals surface area (Å²) in [5.74, 6) is -0.0874. The van der Waals surface area contributed by atoms with Crippen LogP contribution in [0.1, 0.15) is 24.2 Å². The van der Waals surface area contributed by atoms with Crippen LogP contribution in [-0.2, 0) is 4.79 Å². The maximum atomic E-state index is 11.9. The maximum Gasteiger partial charge on any atom is 0.223 e. The molecular weight excluding hydrogens is 294 g/mol. The molecule has 1 amide bonds. The Hall–Kier alpha value is -3.02. The zero-order chi connectivity index (χ0) is 16.4. The minimum absolute atomic E-state index is 0.0874. The van der Waals surface area contributed by atoms with E-state index in [0.29, 0.717) is 28.8 Å². The van der Waals surface area contributed by atoms with Crippen LogP contribution in [0.4, 0.5) is 5.69 Å². The average molecular weight is 309 g/mol. The van der Waals surface area contributed by atoms with Gasteiger partial charge in [-0.25, -0.2) is 4.63 Å². The highest BCUT2D eigenvalue weighted by Gasteiger charge is 2.18. The van der Waals surface area contributed by atoms with E-state index >= 15 is 0 Å². The van der Waals surface area contributed by atoms with Crippen molar-refractivity contribution in [3.05, 3.63) is 42.0 Å². The molecule has 23 heavy (non-hydrogen) atoms. The molecule has 3 rings (SSSR count). The van der Waals surface area contributed by atoms with E-state index in [-0.39, 0.29) is 5.91 Å². The van der Waals surface area contributed by atoms with Crippen LogP contribution in [0.2, 0.25) is 0 Å². The van der Waals surface area contributed by atoms with Gasteiger partial charge in [0.25, 0.3) is 0 Å². The van der Waals surface area contributed by atoms with E-state index in [1.54, 1.807) is 17.0 Å². The van der Waals surface area contributed by atoms with Crippen molar-refractivity contribution in [1.82, 2.24) is 10.3 Å². The van der Waals surface area contributed by atoms with Gasteiger partial charge in [-0.05, 0) is 46.6 Å². The molecule has 0 atom stereocenters. The summed E-state index contributed by atoms with van der Waals surface area (Å²) in [6, 6.07) is 10.9. The number of nitrogens with zero attached hydrogens (tertiary/aromatic N) is 3. The summed E-state index contributed by atoms with van der Waals surface area (Å²) in [5.41, 5.74) is 4.03. The van der Waals surface area contributed by atoms with Crippen molar-refractivity contribution in [2.45, 2.75) is 13.8 Å². The third kappa shape index (κ3) is 2.70. The van der Waals surface area contributed by atoms with Gasteiger partial charge >= 0.3 is 0 Å². The van der Waals surface area contributed by atoms with Crippen molar-refractivity contribution >= 4 is 28.9 Å². The van der Waals surface area contributed by atoms with Crippen LogP contribution < -0.4 is 4.90 Å². The zero-order valence-electron chi connectivity index (χ0n) is 12.8. The smallest absolute Gasteiger partial charge is 0.223 e. The Labute approximate surface area is 132 Å². The number of carbonyl (C=O) groups excluding carboxylic acids is 2. The summed E-state index contributed by atoms with van der Waals surface area (Å²) in [5, 5.41) is 7.79. The van der Waals surface area contributed by atoms with Crippen molar-refractivity contribution < 1.29 is 14.2 Å². The molecule has 0 aliphatic rings. The second-order valence-electron chi connectivity index (χ2n) is 5.13. The predicted octanol–water partition coefficient (Wildman–Crippen LogP) is 3.08. The summed E-state index contributed by atoms with van der Waals surface area (Å²) in [7, 11) is 0. The summed E-state index contributed by atoms with van der Waals surface area (Å²) in [6.07, 6.45) is 0.800. The normalized spacial score (nSPS) is 10.7. The fourth-order valence-corrected chi connectivity index (χ4v) is 2.60. The summed E-state index contributed by atoms with van der Waals surface area (Å²) in [6.45, 7) is 3.90. The van der Waals surface area contributed by atoms with Gasteiger partial charge in [0.05, 0.1) is 5.69 Å². The van der Waals surface area contributed by atoms with E-state index in [2.05, 4.69) is 10.3 Å². The molecule has 6 heteroatoms. The molecule has 0 radical (unpaired) electrons. The molecule has 3 aromatic rings. The van der Waals surface area contributed by atoms with Gasteiger partial charge in [-0.15, -0.1) is 0 Å². The van der Waals surface area contributed by atoms with Crippen LogP contribution in [0.15, 0.2) is 41.0 Å². The highest BCUT2D eigenvalue weighted by Crippen LogP contribution is 2.32. The molecule has 0 fully saturated rings. The van der Waals surface area contributed by atoms with E-state index in [1.165, 1.54) is 6.92 Å².